The molecule has 214 valence electrons. The van der Waals surface area contributed by atoms with Gasteiger partial charge in [-0.3, -0.25) is 13.9 Å². The van der Waals surface area contributed by atoms with Gasteiger partial charge in [-0.2, -0.15) is 0 Å². The Morgan fingerprint density at radius 3 is 2.15 bits per heavy atom. The predicted molar refractivity (Wildman–Crippen MR) is 162 cm³/mol. The number of rotatable bonds is 11. The van der Waals surface area contributed by atoms with Crippen LogP contribution in [0.25, 0.3) is 0 Å². The van der Waals surface area contributed by atoms with E-state index in [1.54, 1.807) is 43.3 Å². The molecule has 3 rings (SSSR count). The number of carbonyl (C=O) groups excluding carboxylic acids is 2. The average Bonchev–Trinajstić information content (AvgIpc) is 2.92. The number of hydrogen-bond acceptors (Lipinski definition) is 4. The molecule has 0 aliphatic heterocycles. The highest BCUT2D eigenvalue weighted by Gasteiger charge is 2.33. The summed E-state index contributed by atoms with van der Waals surface area (Å²) in [6, 6.07) is 16.1. The molecular formula is C28H29Cl4N3O4S. The number of nitrogens with zero attached hydrogens (tertiary/aromatic N) is 2. The maximum absolute atomic E-state index is 13.9. The van der Waals surface area contributed by atoms with E-state index in [2.05, 4.69) is 5.32 Å². The molecule has 0 saturated heterocycles. The van der Waals surface area contributed by atoms with Gasteiger partial charge in [0.1, 0.15) is 12.6 Å². The summed E-state index contributed by atoms with van der Waals surface area (Å²) in [5.74, 6) is -0.846. The number of amides is 2. The Balaban J connectivity index is 2.06. The molecule has 3 aromatic carbocycles. The van der Waals surface area contributed by atoms with Gasteiger partial charge in [-0.1, -0.05) is 90.6 Å². The largest absolute Gasteiger partial charge is 0.354 e. The maximum atomic E-state index is 13.9. The van der Waals surface area contributed by atoms with Crippen LogP contribution in [0.15, 0.2) is 71.6 Å². The van der Waals surface area contributed by atoms with Crippen LogP contribution in [0.2, 0.25) is 20.1 Å². The lowest BCUT2D eigenvalue weighted by Crippen LogP contribution is -2.51. The molecule has 40 heavy (non-hydrogen) atoms. The number of carbonyl (C=O) groups is 2. The number of sulfonamides is 1. The first-order valence-corrected chi connectivity index (χ1v) is 15.3. The van der Waals surface area contributed by atoms with E-state index in [4.69, 9.17) is 46.4 Å². The third-order valence-corrected chi connectivity index (χ3v) is 9.32. The molecule has 0 heterocycles. The summed E-state index contributed by atoms with van der Waals surface area (Å²) in [5.41, 5.74) is 0.627. The Bertz CT molecular complexity index is 1470. The zero-order chi connectivity index (χ0) is 29.6. The van der Waals surface area contributed by atoms with Crippen molar-refractivity contribution in [1.82, 2.24) is 10.2 Å². The van der Waals surface area contributed by atoms with Gasteiger partial charge in [-0.25, -0.2) is 8.42 Å². The molecular weight excluding hydrogens is 616 g/mol. The molecule has 1 atom stereocenters. The van der Waals surface area contributed by atoms with Gasteiger partial charge in [-0.05, 0) is 54.8 Å². The summed E-state index contributed by atoms with van der Waals surface area (Å²) in [7, 11) is -4.27. The lowest BCUT2D eigenvalue weighted by molar-refractivity contribution is -0.139. The molecule has 3 aromatic rings. The minimum absolute atomic E-state index is 0.0257. The van der Waals surface area contributed by atoms with Crippen molar-refractivity contribution < 1.29 is 18.0 Å². The number of halogens is 4. The van der Waals surface area contributed by atoms with Crippen LogP contribution in [0.4, 0.5) is 5.69 Å². The summed E-state index contributed by atoms with van der Waals surface area (Å²) < 4.78 is 28.5. The van der Waals surface area contributed by atoms with Gasteiger partial charge in [0.15, 0.2) is 0 Å². The van der Waals surface area contributed by atoms with Crippen molar-refractivity contribution in [1.29, 1.82) is 0 Å². The highest BCUT2D eigenvalue weighted by atomic mass is 35.5. The third kappa shape index (κ3) is 7.83. The summed E-state index contributed by atoms with van der Waals surface area (Å²) in [4.78, 5) is 28.3. The van der Waals surface area contributed by atoms with Crippen LogP contribution in [-0.2, 0) is 26.2 Å². The fraction of sp³-hybridized carbons (Fsp3) is 0.286. The van der Waals surface area contributed by atoms with Gasteiger partial charge in [0.05, 0.1) is 30.7 Å². The fourth-order valence-electron chi connectivity index (χ4n) is 3.79. The third-order valence-electron chi connectivity index (χ3n) is 6.00. The molecule has 0 aliphatic rings. The minimum Gasteiger partial charge on any atom is -0.354 e. The molecule has 0 bridgehead atoms. The van der Waals surface area contributed by atoms with Crippen molar-refractivity contribution >= 4 is 73.9 Å². The lowest BCUT2D eigenvalue weighted by atomic mass is 10.1. The van der Waals surface area contributed by atoms with Gasteiger partial charge in [0.2, 0.25) is 11.8 Å². The zero-order valence-electron chi connectivity index (χ0n) is 22.1. The van der Waals surface area contributed by atoms with Gasteiger partial charge < -0.3 is 10.2 Å². The number of benzene rings is 3. The van der Waals surface area contributed by atoms with E-state index >= 15 is 0 Å². The second kappa shape index (κ2) is 13.9. The lowest BCUT2D eigenvalue weighted by Gasteiger charge is -2.32. The van der Waals surface area contributed by atoms with E-state index < -0.39 is 28.5 Å². The van der Waals surface area contributed by atoms with Gasteiger partial charge in [-0.15, -0.1) is 0 Å². The van der Waals surface area contributed by atoms with Crippen molar-refractivity contribution in [2.24, 2.45) is 5.92 Å². The average molecular weight is 645 g/mol. The zero-order valence-corrected chi connectivity index (χ0v) is 25.9. The van der Waals surface area contributed by atoms with Crippen LogP contribution in [-0.4, -0.2) is 44.3 Å². The van der Waals surface area contributed by atoms with Crippen LogP contribution < -0.4 is 9.62 Å². The van der Waals surface area contributed by atoms with Crippen LogP contribution >= 0.6 is 46.4 Å². The van der Waals surface area contributed by atoms with Crippen LogP contribution in [0.1, 0.15) is 26.3 Å². The van der Waals surface area contributed by atoms with E-state index in [-0.39, 0.29) is 44.0 Å². The monoisotopic (exact) mass is 643 g/mol. The summed E-state index contributed by atoms with van der Waals surface area (Å²) in [6.07, 6.45) is 0. The Morgan fingerprint density at radius 1 is 0.850 bits per heavy atom. The van der Waals surface area contributed by atoms with Crippen molar-refractivity contribution in [2.75, 3.05) is 17.4 Å². The Labute approximate surface area is 255 Å². The molecule has 0 saturated carbocycles. The number of anilines is 1. The summed E-state index contributed by atoms with van der Waals surface area (Å²) in [6.45, 7) is 5.20. The predicted octanol–water partition coefficient (Wildman–Crippen LogP) is 6.69. The molecule has 2 amide bonds. The molecule has 0 spiro atoms. The smallest absolute Gasteiger partial charge is 0.264 e. The van der Waals surface area contributed by atoms with Gasteiger partial charge >= 0.3 is 0 Å². The highest BCUT2D eigenvalue weighted by molar-refractivity contribution is 7.92. The number of hydrogen-bond donors (Lipinski definition) is 1. The van der Waals surface area contributed by atoms with Gasteiger partial charge in [0, 0.05) is 13.1 Å². The van der Waals surface area contributed by atoms with Crippen LogP contribution in [0.3, 0.4) is 0 Å². The second-order valence-corrected chi connectivity index (χ2v) is 12.9. The summed E-state index contributed by atoms with van der Waals surface area (Å²) in [5, 5.41) is 3.53. The normalized spacial score (nSPS) is 12.2. The molecule has 0 aliphatic carbocycles. The first kappa shape index (κ1) is 32.0. The Kier molecular flexibility index (Phi) is 11.1. The van der Waals surface area contributed by atoms with Gasteiger partial charge in [0.25, 0.3) is 10.0 Å². The van der Waals surface area contributed by atoms with Crippen molar-refractivity contribution in [2.45, 2.75) is 38.3 Å². The highest BCUT2D eigenvalue weighted by Crippen LogP contribution is 2.35. The van der Waals surface area contributed by atoms with Crippen LogP contribution in [0.5, 0.6) is 0 Å². The van der Waals surface area contributed by atoms with Crippen LogP contribution in [0, 0.1) is 5.92 Å². The second-order valence-electron chi connectivity index (χ2n) is 9.48. The standard InChI is InChI=1S/C28H29Cl4N3O4S/c1-18(2)15-33-28(37)19(3)34(16-20-12-13-22(29)24(31)14-20)26(36)17-35(25-11-7-10-23(30)27(25)32)40(38,39)21-8-5-4-6-9-21/h4-14,18-19H,15-17H2,1-3H3,(H,33,37). The quantitative estimate of drug-likeness (QED) is 0.252. The molecule has 0 radical (unpaired) electrons. The first-order chi connectivity index (χ1) is 18.8. The molecule has 1 unspecified atom stereocenters. The Morgan fingerprint density at radius 2 is 1.52 bits per heavy atom. The molecule has 7 nitrogen and oxygen atoms in total. The molecule has 0 aromatic heterocycles. The molecule has 0 fully saturated rings. The molecule has 1 N–H and O–H groups in total. The van der Waals surface area contributed by atoms with E-state index in [1.165, 1.54) is 35.2 Å². The number of nitrogens with one attached hydrogen (secondary N) is 1. The fourth-order valence-corrected chi connectivity index (χ4v) is 6.00. The van der Waals surface area contributed by atoms with E-state index in [0.29, 0.717) is 17.1 Å². The van der Waals surface area contributed by atoms with E-state index in [0.717, 1.165) is 4.31 Å². The van der Waals surface area contributed by atoms with E-state index in [9.17, 15) is 18.0 Å². The van der Waals surface area contributed by atoms with Crippen molar-refractivity contribution in [3.63, 3.8) is 0 Å². The van der Waals surface area contributed by atoms with Crippen molar-refractivity contribution in [3.8, 4) is 0 Å². The molecule has 12 heteroatoms. The maximum Gasteiger partial charge on any atom is 0.264 e. The van der Waals surface area contributed by atoms with E-state index in [1.807, 2.05) is 13.8 Å². The Hall–Kier alpha value is -2.49. The first-order valence-electron chi connectivity index (χ1n) is 12.4. The topological polar surface area (TPSA) is 86.8 Å². The van der Waals surface area contributed by atoms with Crippen molar-refractivity contribution in [3.05, 3.63) is 92.4 Å². The summed E-state index contributed by atoms with van der Waals surface area (Å²) >= 11 is 24.9. The SMILES string of the molecule is CC(C)CNC(=O)C(C)N(Cc1ccc(Cl)c(Cl)c1)C(=O)CN(c1cccc(Cl)c1Cl)S(=O)(=O)c1ccccc1. The minimum atomic E-state index is -4.27.